The van der Waals surface area contributed by atoms with E-state index in [1.165, 1.54) is 6.92 Å². The van der Waals surface area contributed by atoms with Crippen molar-refractivity contribution in [2.75, 3.05) is 11.5 Å². The maximum Gasteiger partial charge on any atom is 0.258 e. The van der Waals surface area contributed by atoms with Gasteiger partial charge in [0.25, 0.3) is 5.91 Å². The lowest BCUT2D eigenvalue weighted by atomic mass is 9.57. The highest BCUT2D eigenvalue weighted by molar-refractivity contribution is 5.98. The van der Waals surface area contributed by atoms with Gasteiger partial charge in [0.15, 0.2) is 6.61 Å². The molecule has 0 saturated carbocycles. The molecule has 36 heavy (non-hydrogen) atoms. The highest BCUT2D eigenvalue weighted by Crippen LogP contribution is 2.54. The van der Waals surface area contributed by atoms with Gasteiger partial charge in [0, 0.05) is 18.0 Å². The van der Waals surface area contributed by atoms with Crippen molar-refractivity contribution in [2.45, 2.75) is 45.2 Å². The summed E-state index contributed by atoms with van der Waals surface area (Å²) in [7, 11) is 0. The van der Waals surface area contributed by atoms with Crippen molar-refractivity contribution in [1.82, 2.24) is 5.32 Å². The second-order valence-corrected chi connectivity index (χ2v) is 9.66. The lowest BCUT2D eigenvalue weighted by molar-refractivity contribution is -0.127. The molecule has 0 aliphatic carbocycles. The van der Waals surface area contributed by atoms with Gasteiger partial charge < -0.3 is 25.1 Å². The summed E-state index contributed by atoms with van der Waals surface area (Å²) in [5, 5.41) is 2.73. The van der Waals surface area contributed by atoms with Crippen molar-refractivity contribution < 1.29 is 23.5 Å². The van der Waals surface area contributed by atoms with Crippen molar-refractivity contribution >= 4 is 23.4 Å². The molecular weight excluding hydrogens is 458 g/mol. The molecule has 2 atom stereocenters. The average molecular weight is 489 g/mol. The SMILES string of the molecule is CC(=O)N1c2cc[c]cc2C(C)(c2ccc(OCC(=O)NCc3ccco3)cc2)C(C(N)=O)C1(C)C. The van der Waals surface area contributed by atoms with Crippen LogP contribution < -0.4 is 20.7 Å². The summed E-state index contributed by atoms with van der Waals surface area (Å²) in [6.07, 6.45) is 1.55. The molecule has 0 saturated heterocycles. The number of fused-ring (bicyclic) bond motifs is 1. The first-order valence-corrected chi connectivity index (χ1v) is 11.7. The standard InChI is InChI=1S/C28H30N3O5/c1-18(32)31-23-10-6-5-9-22(23)28(4,25(26(29)34)27(31,2)3)19-11-13-20(14-12-19)36-17-24(33)30-16-21-8-7-15-35-21/h6-15,25H,16-17H2,1-4H3,(H2,29,34)(H,30,33). The monoisotopic (exact) mass is 488 g/mol. The molecule has 0 fully saturated rings. The predicted octanol–water partition coefficient (Wildman–Crippen LogP) is 3.33. The molecule has 187 valence electrons. The molecule has 3 aromatic rings. The van der Waals surface area contributed by atoms with Gasteiger partial charge in [-0.1, -0.05) is 25.1 Å². The van der Waals surface area contributed by atoms with Crippen LogP contribution in [0.2, 0.25) is 0 Å². The van der Waals surface area contributed by atoms with Crippen molar-refractivity contribution in [3.05, 3.63) is 83.8 Å². The van der Waals surface area contributed by atoms with E-state index in [1.54, 1.807) is 41.5 Å². The summed E-state index contributed by atoms with van der Waals surface area (Å²) < 4.78 is 10.9. The van der Waals surface area contributed by atoms with Gasteiger partial charge in [-0.15, -0.1) is 0 Å². The highest BCUT2D eigenvalue weighted by atomic mass is 16.5. The second kappa shape index (κ2) is 9.53. The largest absolute Gasteiger partial charge is 0.484 e. The number of anilines is 1. The Kier molecular flexibility index (Phi) is 6.63. The first-order valence-electron chi connectivity index (χ1n) is 11.7. The van der Waals surface area contributed by atoms with Crippen LogP contribution in [-0.4, -0.2) is 29.9 Å². The summed E-state index contributed by atoms with van der Waals surface area (Å²) in [4.78, 5) is 39.4. The van der Waals surface area contributed by atoms with Crippen LogP contribution in [-0.2, 0) is 26.3 Å². The van der Waals surface area contributed by atoms with Gasteiger partial charge in [0.1, 0.15) is 11.5 Å². The molecule has 2 heterocycles. The van der Waals surface area contributed by atoms with E-state index in [0.29, 0.717) is 11.5 Å². The van der Waals surface area contributed by atoms with Crippen molar-refractivity contribution in [2.24, 2.45) is 11.7 Å². The third-order valence-electron chi connectivity index (χ3n) is 6.96. The van der Waals surface area contributed by atoms with E-state index in [-0.39, 0.29) is 25.0 Å². The number of benzene rings is 2. The summed E-state index contributed by atoms with van der Waals surface area (Å²) >= 11 is 0. The Hall–Kier alpha value is -4.07. The molecule has 2 unspecified atom stereocenters. The van der Waals surface area contributed by atoms with E-state index in [1.807, 2.05) is 45.0 Å². The zero-order chi connectivity index (χ0) is 26.1. The van der Waals surface area contributed by atoms with E-state index in [9.17, 15) is 14.4 Å². The molecule has 8 heteroatoms. The lowest BCUT2D eigenvalue weighted by Gasteiger charge is -2.55. The Bertz CT molecular complexity index is 1270. The third-order valence-corrected chi connectivity index (χ3v) is 6.96. The fraction of sp³-hybridized carbons (Fsp3) is 0.321. The molecule has 3 N–H and O–H groups in total. The summed E-state index contributed by atoms with van der Waals surface area (Å²) in [5.74, 6) is -0.519. The molecule has 4 rings (SSSR count). The molecule has 3 amide bonds. The highest BCUT2D eigenvalue weighted by Gasteiger charge is 2.57. The quantitative estimate of drug-likeness (QED) is 0.529. The van der Waals surface area contributed by atoms with Gasteiger partial charge in [-0.25, -0.2) is 0 Å². The van der Waals surface area contributed by atoms with E-state index < -0.39 is 22.8 Å². The van der Waals surface area contributed by atoms with Crippen molar-refractivity contribution in [1.29, 1.82) is 0 Å². The zero-order valence-electron chi connectivity index (χ0n) is 20.8. The number of carbonyl (C=O) groups is 3. The Morgan fingerprint density at radius 3 is 2.47 bits per heavy atom. The van der Waals surface area contributed by atoms with Gasteiger partial charge in [-0.05, 0) is 67.4 Å². The molecule has 0 bridgehead atoms. The van der Waals surface area contributed by atoms with Crippen LogP contribution in [0.5, 0.6) is 5.75 Å². The summed E-state index contributed by atoms with van der Waals surface area (Å²) in [6.45, 7) is 7.30. The lowest BCUT2D eigenvalue weighted by Crippen LogP contribution is -2.65. The molecule has 1 aliphatic heterocycles. The predicted molar refractivity (Wildman–Crippen MR) is 134 cm³/mol. The first kappa shape index (κ1) is 25.0. The number of nitrogens with zero attached hydrogens (tertiary/aromatic N) is 1. The van der Waals surface area contributed by atoms with E-state index in [2.05, 4.69) is 11.4 Å². The number of hydrogen-bond donors (Lipinski definition) is 2. The van der Waals surface area contributed by atoms with Gasteiger partial charge >= 0.3 is 0 Å². The van der Waals surface area contributed by atoms with Crippen molar-refractivity contribution in [3.63, 3.8) is 0 Å². The summed E-state index contributed by atoms with van der Waals surface area (Å²) in [6, 6.07) is 19.3. The minimum absolute atomic E-state index is 0.153. The Morgan fingerprint density at radius 1 is 1.14 bits per heavy atom. The average Bonchev–Trinajstić information content (AvgIpc) is 3.34. The third kappa shape index (κ3) is 4.34. The van der Waals surface area contributed by atoms with Gasteiger partial charge in [-0.3, -0.25) is 14.4 Å². The molecule has 8 nitrogen and oxygen atoms in total. The van der Waals surface area contributed by atoms with Gasteiger partial charge in [0.2, 0.25) is 11.8 Å². The molecule has 2 aromatic carbocycles. The van der Waals surface area contributed by atoms with Crippen LogP contribution >= 0.6 is 0 Å². The normalized spacial score (nSPS) is 20.3. The number of hydrogen-bond acceptors (Lipinski definition) is 5. The number of amides is 3. The van der Waals surface area contributed by atoms with E-state index >= 15 is 0 Å². The van der Waals surface area contributed by atoms with Crippen LogP contribution in [0.4, 0.5) is 5.69 Å². The van der Waals surface area contributed by atoms with E-state index in [0.717, 1.165) is 16.8 Å². The minimum atomic E-state index is -0.887. The topological polar surface area (TPSA) is 115 Å². The maximum atomic E-state index is 12.9. The Morgan fingerprint density at radius 2 is 1.86 bits per heavy atom. The molecular formula is C28H30N3O5. The number of primary amides is 1. The second-order valence-electron chi connectivity index (χ2n) is 9.66. The van der Waals surface area contributed by atoms with Gasteiger partial charge in [-0.2, -0.15) is 0 Å². The maximum absolute atomic E-state index is 12.9. The van der Waals surface area contributed by atoms with Crippen molar-refractivity contribution in [3.8, 4) is 5.75 Å². The van der Waals surface area contributed by atoms with E-state index in [4.69, 9.17) is 14.9 Å². The summed E-state index contributed by atoms with van der Waals surface area (Å²) in [5.41, 5.74) is 6.60. The molecule has 1 aromatic heterocycles. The van der Waals surface area contributed by atoms with Gasteiger partial charge in [0.05, 0.1) is 24.3 Å². The minimum Gasteiger partial charge on any atom is -0.484 e. The number of ether oxygens (including phenoxy) is 1. The molecule has 1 aliphatic rings. The number of nitrogens with one attached hydrogen (secondary N) is 1. The smallest absolute Gasteiger partial charge is 0.258 e. The van der Waals surface area contributed by atoms with Crippen LogP contribution in [0.1, 0.15) is 44.6 Å². The number of rotatable bonds is 7. The molecule has 0 spiro atoms. The fourth-order valence-corrected chi connectivity index (χ4v) is 5.56. The number of carbonyl (C=O) groups excluding carboxylic acids is 3. The Balaban J connectivity index is 1.61. The number of furan rings is 1. The number of nitrogens with two attached hydrogens (primary N) is 1. The molecule has 1 radical (unpaired) electrons. The van der Waals surface area contributed by atoms with Crippen LogP contribution in [0.15, 0.2) is 65.3 Å². The Labute approximate surface area is 210 Å². The van der Waals surface area contributed by atoms with Crippen LogP contribution in [0.25, 0.3) is 0 Å². The van der Waals surface area contributed by atoms with Crippen LogP contribution in [0, 0.1) is 12.0 Å². The van der Waals surface area contributed by atoms with Crippen LogP contribution in [0.3, 0.4) is 0 Å². The first-order chi connectivity index (χ1) is 17.1. The zero-order valence-corrected chi connectivity index (χ0v) is 20.8. The fourth-order valence-electron chi connectivity index (χ4n) is 5.56.